The first kappa shape index (κ1) is 20.7. The summed E-state index contributed by atoms with van der Waals surface area (Å²) in [4.78, 5) is 17.7. The number of halogens is 1. The predicted octanol–water partition coefficient (Wildman–Crippen LogP) is 2.86. The molecule has 0 heterocycles. The van der Waals surface area contributed by atoms with E-state index in [1.165, 1.54) is 19.3 Å². The van der Waals surface area contributed by atoms with Crippen molar-refractivity contribution in [2.24, 2.45) is 10.9 Å². The fraction of sp³-hybridized carbons (Fsp3) is 0.556. The van der Waals surface area contributed by atoms with E-state index in [1.54, 1.807) is 26.0 Å². The van der Waals surface area contributed by atoms with Crippen molar-refractivity contribution in [3.05, 3.63) is 35.4 Å². The number of carbonyl (C=O) groups is 1. The number of aliphatic imine (C=N–C) groups is 1. The zero-order valence-electron chi connectivity index (χ0n) is 15.0. The molecule has 1 aliphatic carbocycles. The third-order valence-electron chi connectivity index (χ3n) is 4.19. The Balaban J connectivity index is 0.00000288. The molecule has 134 valence electrons. The molecule has 6 heteroatoms. The van der Waals surface area contributed by atoms with Gasteiger partial charge in [-0.1, -0.05) is 25.5 Å². The van der Waals surface area contributed by atoms with Crippen molar-refractivity contribution in [3.8, 4) is 0 Å². The normalized spacial score (nSPS) is 19.2. The van der Waals surface area contributed by atoms with Crippen LogP contribution in [0.3, 0.4) is 0 Å². The lowest BCUT2D eigenvalue weighted by molar-refractivity contribution is 0.0827. The molecule has 1 fully saturated rings. The summed E-state index contributed by atoms with van der Waals surface area (Å²) in [5.74, 6) is 1.68. The molecule has 2 N–H and O–H groups in total. The lowest BCUT2D eigenvalue weighted by atomic mass is 10.1. The van der Waals surface area contributed by atoms with Crippen molar-refractivity contribution in [1.82, 2.24) is 15.5 Å². The largest absolute Gasteiger partial charge is 0.353 e. The molecule has 1 amide bonds. The molecule has 0 aliphatic heterocycles. The number of nitrogens with one attached hydrogen (secondary N) is 2. The second-order valence-corrected chi connectivity index (χ2v) is 6.36. The van der Waals surface area contributed by atoms with E-state index in [0.29, 0.717) is 18.2 Å². The summed E-state index contributed by atoms with van der Waals surface area (Å²) in [5.41, 5.74) is 1.84. The Morgan fingerprint density at radius 3 is 2.50 bits per heavy atom. The van der Waals surface area contributed by atoms with Crippen LogP contribution in [0.25, 0.3) is 0 Å². The van der Waals surface area contributed by atoms with Crippen LogP contribution < -0.4 is 10.6 Å². The van der Waals surface area contributed by atoms with Crippen LogP contribution in [0.1, 0.15) is 42.1 Å². The van der Waals surface area contributed by atoms with Crippen LogP contribution in [0, 0.1) is 5.92 Å². The highest BCUT2D eigenvalue weighted by molar-refractivity contribution is 14.0. The van der Waals surface area contributed by atoms with Gasteiger partial charge in [0.05, 0.1) is 0 Å². The number of hydrogen-bond acceptors (Lipinski definition) is 2. The molecule has 2 atom stereocenters. The Bertz CT molecular complexity index is 557. The summed E-state index contributed by atoms with van der Waals surface area (Å²) >= 11 is 0. The van der Waals surface area contributed by atoms with Crippen LogP contribution in [-0.2, 0) is 6.54 Å². The van der Waals surface area contributed by atoms with Gasteiger partial charge in [0, 0.05) is 39.3 Å². The summed E-state index contributed by atoms with van der Waals surface area (Å²) in [6, 6.07) is 8.27. The van der Waals surface area contributed by atoms with Gasteiger partial charge in [-0.25, -0.2) is 0 Å². The van der Waals surface area contributed by atoms with Gasteiger partial charge >= 0.3 is 0 Å². The van der Waals surface area contributed by atoms with Gasteiger partial charge in [0.25, 0.3) is 5.91 Å². The van der Waals surface area contributed by atoms with Gasteiger partial charge in [0.15, 0.2) is 5.96 Å². The van der Waals surface area contributed by atoms with E-state index in [0.717, 1.165) is 17.4 Å². The summed E-state index contributed by atoms with van der Waals surface area (Å²) in [6.45, 7) is 2.93. The van der Waals surface area contributed by atoms with E-state index < -0.39 is 0 Å². The summed E-state index contributed by atoms with van der Waals surface area (Å²) in [6.07, 6.45) is 3.78. The lowest BCUT2D eigenvalue weighted by Crippen LogP contribution is -2.38. The minimum Gasteiger partial charge on any atom is -0.353 e. The SMILES string of the molecule is CCCC1CC1NC(=NC)NCc1ccc(C(=O)N(C)C)cc1.I. The fourth-order valence-electron chi connectivity index (χ4n) is 2.69. The minimum absolute atomic E-state index is 0. The maximum atomic E-state index is 11.9. The molecular formula is C18H29IN4O. The quantitative estimate of drug-likeness (QED) is 0.403. The highest BCUT2D eigenvalue weighted by Gasteiger charge is 2.36. The van der Waals surface area contributed by atoms with Gasteiger partial charge in [-0.05, 0) is 36.5 Å². The smallest absolute Gasteiger partial charge is 0.253 e. The van der Waals surface area contributed by atoms with Crippen LogP contribution in [0.2, 0.25) is 0 Å². The topological polar surface area (TPSA) is 56.7 Å². The summed E-state index contributed by atoms with van der Waals surface area (Å²) in [5, 5.41) is 6.80. The third-order valence-corrected chi connectivity index (χ3v) is 4.19. The Kier molecular flexibility index (Phi) is 8.52. The first-order valence-electron chi connectivity index (χ1n) is 8.33. The molecule has 1 saturated carbocycles. The zero-order chi connectivity index (χ0) is 16.8. The second kappa shape index (κ2) is 9.86. The van der Waals surface area contributed by atoms with Gasteiger partial charge in [-0.3, -0.25) is 9.79 Å². The number of nitrogens with zero attached hydrogens (tertiary/aromatic N) is 2. The molecule has 1 aromatic rings. The first-order valence-corrected chi connectivity index (χ1v) is 8.33. The summed E-state index contributed by atoms with van der Waals surface area (Å²) in [7, 11) is 5.32. The second-order valence-electron chi connectivity index (χ2n) is 6.36. The molecule has 2 rings (SSSR count). The maximum absolute atomic E-state index is 11.9. The Labute approximate surface area is 162 Å². The van der Waals surface area contributed by atoms with Crippen LogP contribution in [-0.4, -0.2) is 44.0 Å². The van der Waals surface area contributed by atoms with Crippen molar-refractivity contribution < 1.29 is 4.79 Å². The highest BCUT2D eigenvalue weighted by Crippen LogP contribution is 2.34. The van der Waals surface area contributed by atoms with E-state index in [9.17, 15) is 4.79 Å². The molecule has 2 unspecified atom stereocenters. The van der Waals surface area contributed by atoms with Gasteiger partial charge < -0.3 is 15.5 Å². The van der Waals surface area contributed by atoms with Crippen LogP contribution in [0.4, 0.5) is 0 Å². The van der Waals surface area contributed by atoms with E-state index in [4.69, 9.17) is 0 Å². The predicted molar refractivity (Wildman–Crippen MR) is 110 cm³/mol. The lowest BCUT2D eigenvalue weighted by Gasteiger charge is -2.13. The minimum atomic E-state index is 0. The molecule has 5 nitrogen and oxygen atoms in total. The van der Waals surface area contributed by atoms with Crippen molar-refractivity contribution >= 4 is 35.8 Å². The molecule has 0 radical (unpaired) electrons. The molecule has 0 aromatic heterocycles. The van der Waals surface area contributed by atoms with Crippen LogP contribution >= 0.6 is 24.0 Å². The van der Waals surface area contributed by atoms with Gasteiger partial charge in [-0.2, -0.15) is 0 Å². The van der Waals surface area contributed by atoms with E-state index in [2.05, 4.69) is 22.5 Å². The number of hydrogen-bond donors (Lipinski definition) is 2. The molecule has 0 spiro atoms. The number of amides is 1. The Morgan fingerprint density at radius 2 is 1.96 bits per heavy atom. The van der Waals surface area contributed by atoms with Crippen LogP contribution in [0.5, 0.6) is 0 Å². The number of rotatable bonds is 6. The molecule has 0 bridgehead atoms. The standard InChI is InChI=1S/C18H28N4O.HI/c1-5-6-15-11-16(15)21-18(19-2)20-12-13-7-9-14(10-8-13)17(23)22(3)4;/h7-10,15-16H,5-6,11-12H2,1-4H3,(H2,19,20,21);1H. The zero-order valence-corrected chi connectivity index (χ0v) is 17.3. The van der Waals surface area contributed by atoms with Gasteiger partial charge in [-0.15, -0.1) is 24.0 Å². The monoisotopic (exact) mass is 444 g/mol. The highest BCUT2D eigenvalue weighted by atomic mass is 127. The van der Waals surface area contributed by atoms with Crippen molar-refractivity contribution in [2.75, 3.05) is 21.1 Å². The van der Waals surface area contributed by atoms with E-state index >= 15 is 0 Å². The van der Waals surface area contributed by atoms with Gasteiger partial charge in [0.1, 0.15) is 0 Å². The molecule has 24 heavy (non-hydrogen) atoms. The molecule has 1 aromatic carbocycles. The average Bonchev–Trinajstić information content (AvgIpc) is 3.29. The molecular weight excluding hydrogens is 415 g/mol. The summed E-state index contributed by atoms with van der Waals surface area (Å²) < 4.78 is 0. The fourth-order valence-corrected chi connectivity index (χ4v) is 2.69. The van der Waals surface area contributed by atoms with Gasteiger partial charge in [0.2, 0.25) is 0 Å². The van der Waals surface area contributed by atoms with Crippen molar-refractivity contribution in [3.63, 3.8) is 0 Å². The average molecular weight is 444 g/mol. The van der Waals surface area contributed by atoms with E-state index in [-0.39, 0.29) is 29.9 Å². The molecule has 0 saturated heterocycles. The van der Waals surface area contributed by atoms with Crippen molar-refractivity contribution in [2.45, 2.75) is 38.8 Å². The Hall–Kier alpha value is -1.31. The third kappa shape index (κ3) is 5.96. The number of carbonyl (C=O) groups excluding carboxylic acids is 1. The Morgan fingerprint density at radius 1 is 1.29 bits per heavy atom. The first-order chi connectivity index (χ1) is 11.0. The van der Waals surface area contributed by atoms with E-state index in [1.807, 2.05) is 24.3 Å². The number of guanidine groups is 1. The van der Waals surface area contributed by atoms with Crippen molar-refractivity contribution in [1.29, 1.82) is 0 Å². The maximum Gasteiger partial charge on any atom is 0.253 e. The van der Waals surface area contributed by atoms with Crippen LogP contribution in [0.15, 0.2) is 29.3 Å². The molecule has 1 aliphatic rings. The number of benzene rings is 1.